The number of halogens is 1. The lowest BCUT2D eigenvalue weighted by atomic mass is 10.0. The first-order valence-electron chi connectivity index (χ1n) is 4.79. The summed E-state index contributed by atoms with van der Waals surface area (Å²) in [5.74, 6) is -0.351. The van der Waals surface area contributed by atoms with Gasteiger partial charge >= 0.3 is 5.69 Å². The van der Waals surface area contributed by atoms with E-state index >= 15 is 0 Å². The van der Waals surface area contributed by atoms with Gasteiger partial charge in [-0.25, -0.2) is 0 Å². The molecule has 0 aliphatic carbocycles. The third-order valence-corrected chi connectivity index (χ3v) is 2.19. The van der Waals surface area contributed by atoms with Gasteiger partial charge in [-0.3, -0.25) is 10.1 Å². The fourth-order valence-electron chi connectivity index (χ4n) is 1.41. The maximum absolute atomic E-state index is 10.6. The molecule has 5 nitrogen and oxygen atoms in total. The number of phenolic OH excluding ortho intramolecular Hbond substituents is 1. The second-order valence-corrected chi connectivity index (χ2v) is 3.77. The van der Waals surface area contributed by atoms with Crippen LogP contribution in [0.25, 0.3) is 0 Å². The van der Waals surface area contributed by atoms with Gasteiger partial charge in [-0.15, -0.1) is 19.0 Å². The maximum atomic E-state index is 10.6. The lowest BCUT2D eigenvalue weighted by molar-refractivity contribution is -0.385. The van der Waals surface area contributed by atoms with Gasteiger partial charge in [0.25, 0.3) is 0 Å². The van der Waals surface area contributed by atoms with Crippen molar-refractivity contribution < 1.29 is 10.0 Å². The van der Waals surface area contributed by atoms with Gasteiger partial charge in [0.2, 0.25) is 0 Å². The summed E-state index contributed by atoms with van der Waals surface area (Å²) in [4.78, 5) is 9.97. The molecule has 1 rings (SSSR count). The predicted octanol–water partition coefficient (Wildman–Crippen LogP) is 2.69. The zero-order valence-electron chi connectivity index (χ0n) is 9.42. The van der Waals surface area contributed by atoms with Crippen LogP contribution in [0.5, 0.6) is 5.75 Å². The molecule has 1 atom stereocenters. The Balaban J connectivity index is 0.00000256. The maximum Gasteiger partial charge on any atom is 0.311 e. The van der Waals surface area contributed by atoms with E-state index in [1.54, 1.807) is 6.07 Å². The summed E-state index contributed by atoms with van der Waals surface area (Å²) in [6.45, 7) is 5.57. The average molecular weight is 259 g/mol. The highest BCUT2D eigenvalue weighted by molar-refractivity contribution is 5.85. The van der Waals surface area contributed by atoms with Crippen molar-refractivity contribution in [2.75, 3.05) is 0 Å². The molecule has 0 amide bonds. The number of benzene rings is 1. The van der Waals surface area contributed by atoms with Crippen molar-refractivity contribution in [3.63, 3.8) is 0 Å². The highest BCUT2D eigenvalue weighted by Crippen LogP contribution is 2.29. The topological polar surface area (TPSA) is 89.4 Å². The van der Waals surface area contributed by atoms with Crippen molar-refractivity contribution >= 4 is 18.1 Å². The van der Waals surface area contributed by atoms with Crippen molar-refractivity contribution in [2.24, 2.45) is 5.73 Å². The summed E-state index contributed by atoms with van der Waals surface area (Å²) < 4.78 is 0. The summed E-state index contributed by atoms with van der Waals surface area (Å²) in [6.07, 6.45) is 0.557. The molecule has 0 unspecified atom stereocenters. The summed E-state index contributed by atoms with van der Waals surface area (Å²) in [7, 11) is 0. The first-order chi connectivity index (χ1) is 7.41. The van der Waals surface area contributed by atoms with E-state index < -0.39 is 4.92 Å². The molecule has 0 bridgehead atoms. The molecule has 0 heterocycles. The lowest BCUT2D eigenvalue weighted by Gasteiger charge is -2.11. The number of phenols is 1. The Kier molecular flexibility index (Phi) is 5.64. The Morgan fingerprint density at radius 1 is 1.65 bits per heavy atom. The predicted molar refractivity (Wildman–Crippen MR) is 68.4 cm³/mol. The number of rotatable bonds is 4. The third kappa shape index (κ3) is 4.05. The van der Waals surface area contributed by atoms with Gasteiger partial charge in [0.1, 0.15) is 0 Å². The van der Waals surface area contributed by atoms with Crippen LogP contribution in [0.15, 0.2) is 30.4 Å². The summed E-state index contributed by atoms with van der Waals surface area (Å²) in [5.41, 5.74) is 7.05. The van der Waals surface area contributed by atoms with Gasteiger partial charge in [-0.1, -0.05) is 11.6 Å². The monoisotopic (exact) mass is 258 g/mol. The number of hydrogen-bond acceptors (Lipinski definition) is 4. The molecule has 0 radical (unpaired) electrons. The summed E-state index contributed by atoms with van der Waals surface area (Å²) >= 11 is 0. The van der Waals surface area contributed by atoms with Crippen molar-refractivity contribution in [3.8, 4) is 5.75 Å². The highest BCUT2D eigenvalue weighted by atomic mass is 35.5. The Morgan fingerprint density at radius 2 is 2.24 bits per heavy atom. The minimum absolute atomic E-state index is 0. The number of nitro groups is 1. The average Bonchev–Trinajstić information content (AvgIpc) is 2.16. The Bertz CT molecular complexity index is 435. The van der Waals surface area contributed by atoms with Gasteiger partial charge in [-0.05, 0) is 25.0 Å². The second-order valence-electron chi connectivity index (χ2n) is 3.77. The van der Waals surface area contributed by atoms with Crippen molar-refractivity contribution in [1.29, 1.82) is 0 Å². The highest BCUT2D eigenvalue weighted by Gasteiger charge is 2.16. The largest absolute Gasteiger partial charge is 0.502 e. The zero-order valence-corrected chi connectivity index (χ0v) is 10.2. The van der Waals surface area contributed by atoms with Crippen LogP contribution >= 0.6 is 12.4 Å². The van der Waals surface area contributed by atoms with Crippen LogP contribution < -0.4 is 5.73 Å². The third-order valence-electron chi connectivity index (χ3n) is 2.19. The molecule has 6 heteroatoms. The lowest BCUT2D eigenvalue weighted by Crippen LogP contribution is -2.10. The number of nitro benzene ring substituents is 1. The van der Waals surface area contributed by atoms with E-state index in [-0.39, 0.29) is 29.9 Å². The molecule has 0 aromatic heterocycles. The number of aromatic hydroxyl groups is 1. The number of hydrogen-bond donors (Lipinski definition) is 2. The molecule has 1 aromatic rings. The van der Waals surface area contributed by atoms with Gasteiger partial charge in [-0.2, -0.15) is 0 Å². The van der Waals surface area contributed by atoms with E-state index in [9.17, 15) is 15.2 Å². The van der Waals surface area contributed by atoms with E-state index in [2.05, 4.69) is 6.58 Å². The first-order valence-corrected chi connectivity index (χ1v) is 4.79. The summed E-state index contributed by atoms with van der Waals surface area (Å²) in [5, 5.41) is 19.9. The molecule has 17 heavy (non-hydrogen) atoms. The molecule has 0 saturated heterocycles. The zero-order chi connectivity index (χ0) is 12.3. The number of nitrogens with zero attached hydrogens (tertiary/aromatic N) is 1. The smallest absolute Gasteiger partial charge is 0.311 e. The molecule has 0 spiro atoms. The van der Waals surface area contributed by atoms with Crippen LogP contribution in [-0.4, -0.2) is 10.0 Å². The van der Waals surface area contributed by atoms with Crippen molar-refractivity contribution in [3.05, 3.63) is 46.0 Å². The molecular weight excluding hydrogens is 244 g/mol. The molecular formula is C11H15ClN2O3. The molecule has 0 aliphatic rings. The van der Waals surface area contributed by atoms with Gasteiger partial charge in [0.15, 0.2) is 5.75 Å². The second kappa shape index (κ2) is 6.22. The van der Waals surface area contributed by atoms with E-state index in [1.807, 2.05) is 6.92 Å². The van der Waals surface area contributed by atoms with Crippen LogP contribution in [0.4, 0.5) is 5.69 Å². The standard InChI is InChI=1S/C11H14N2O3.ClH/c1-7(2)5-9(12)8-3-4-11(14)10(6-8)13(15)16;/h3-4,6,9,14H,1,5,12H2,2H3;1H/t9-;/m0./s1. The van der Waals surface area contributed by atoms with E-state index in [1.165, 1.54) is 12.1 Å². The normalized spacial score (nSPS) is 11.4. The molecule has 3 N–H and O–H groups in total. The minimum atomic E-state index is -0.633. The van der Waals surface area contributed by atoms with Crippen molar-refractivity contribution in [2.45, 2.75) is 19.4 Å². The van der Waals surface area contributed by atoms with Gasteiger partial charge in [0, 0.05) is 12.1 Å². The Morgan fingerprint density at radius 3 is 2.71 bits per heavy atom. The quantitative estimate of drug-likeness (QED) is 0.494. The summed E-state index contributed by atoms with van der Waals surface area (Å²) in [6, 6.07) is 3.82. The van der Waals surface area contributed by atoms with Crippen LogP contribution in [0, 0.1) is 10.1 Å². The number of nitrogens with two attached hydrogens (primary N) is 1. The molecule has 0 fully saturated rings. The first kappa shape index (κ1) is 15.4. The fraction of sp³-hybridized carbons (Fsp3) is 0.273. The van der Waals surface area contributed by atoms with Gasteiger partial charge < -0.3 is 10.8 Å². The van der Waals surface area contributed by atoms with Crippen LogP contribution in [-0.2, 0) is 0 Å². The van der Waals surface area contributed by atoms with Crippen LogP contribution in [0.2, 0.25) is 0 Å². The van der Waals surface area contributed by atoms with Crippen LogP contribution in [0.3, 0.4) is 0 Å². The molecule has 94 valence electrons. The Hall–Kier alpha value is -1.59. The van der Waals surface area contributed by atoms with Gasteiger partial charge in [0.05, 0.1) is 4.92 Å². The van der Waals surface area contributed by atoms with Crippen molar-refractivity contribution in [1.82, 2.24) is 0 Å². The van der Waals surface area contributed by atoms with E-state index in [0.29, 0.717) is 12.0 Å². The van der Waals surface area contributed by atoms with E-state index in [0.717, 1.165) is 5.57 Å². The Labute approximate surface area is 106 Å². The molecule has 0 saturated carbocycles. The minimum Gasteiger partial charge on any atom is -0.502 e. The van der Waals surface area contributed by atoms with Crippen LogP contribution in [0.1, 0.15) is 24.9 Å². The molecule has 0 aliphatic heterocycles. The fourth-order valence-corrected chi connectivity index (χ4v) is 1.41. The SMILES string of the molecule is C=C(C)C[C@H](N)c1ccc(O)c([N+](=O)[O-])c1.Cl. The van der Waals surface area contributed by atoms with E-state index in [4.69, 9.17) is 5.73 Å². The molecule has 1 aromatic carbocycles.